The van der Waals surface area contributed by atoms with Gasteiger partial charge in [-0.2, -0.15) is 0 Å². The molecule has 1 aromatic rings. The summed E-state index contributed by atoms with van der Waals surface area (Å²) in [7, 11) is 1.25. The number of esters is 1. The van der Waals surface area contributed by atoms with E-state index in [0.717, 1.165) is 12.1 Å². The predicted molar refractivity (Wildman–Crippen MR) is 89.7 cm³/mol. The maximum absolute atomic E-state index is 12.4. The Kier molecular flexibility index (Phi) is 5.65. The standard InChI is InChI=1S/C16H19N3O7/c1-4-9-13(15(21)26-5-2)14(18-16(22)17-9)8-6-11(20)12(25-3)7-10(8)19(23)24/h6-7,14,20H,4-5H2,1-3H3,(H2,17,18,22). The number of nitrogens with zero attached hydrogens (tertiary/aromatic N) is 1. The molecule has 10 nitrogen and oxygen atoms in total. The topological polar surface area (TPSA) is 140 Å². The van der Waals surface area contributed by atoms with Gasteiger partial charge in [0, 0.05) is 5.70 Å². The molecule has 0 bridgehead atoms. The molecule has 0 saturated heterocycles. The third-order valence-corrected chi connectivity index (χ3v) is 3.84. The molecule has 0 aliphatic carbocycles. The Morgan fingerprint density at radius 2 is 2.08 bits per heavy atom. The molecule has 1 aliphatic heterocycles. The zero-order valence-electron chi connectivity index (χ0n) is 14.5. The number of carbonyl (C=O) groups excluding carboxylic acids is 2. The first-order valence-electron chi connectivity index (χ1n) is 7.86. The van der Waals surface area contributed by atoms with Gasteiger partial charge in [-0.05, 0) is 19.4 Å². The Balaban J connectivity index is 2.70. The average molecular weight is 365 g/mol. The van der Waals surface area contributed by atoms with Crippen molar-refractivity contribution in [3.05, 3.63) is 39.1 Å². The van der Waals surface area contributed by atoms with Crippen molar-refractivity contribution >= 4 is 17.7 Å². The van der Waals surface area contributed by atoms with Crippen LogP contribution in [-0.4, -0.2) is 35.7 Å². The zero-order valence-corrected chi connectivity index (χ0v) is 14.5. The number of nitro groups is 1. The smallest absolute Gasteiger partial charge is 0.338 e. The third kappa shape index (κ3) is 3.53. The van der Waals surface area contributed by atoms with E-state index < -0.39 is 28.7 Å². The summed E-state index contributed by atoms with van der Waals surface area (Å²) in [6.07, 6.45) is 0.300. The summed E-state index contributed by atoms with van der Waals surface area (Å²) in [5.74, 6) is -1.17. The first kappa shape index (κ1) is 19.0. The van der Waals surface area contributed by atoms with Crippen molar-refractivity contribution in [2.24, 2.45) is 0 Å². The molecule has 0 spiro atoms. The first-order valence-corrected chi connectivity index (χ1v) is 7.86. The van der Waals surface area contributed by atoms with Gasteiger partial charge in [-0.25, -0.2) is 9.59 Å². The number of allylic oxidation sites excluding steroid dienone is 1. The number of nitro benzene ring substituents is 1. The quantitative estimate of drug-likeness (QED) is 0.397. The van der Waals surface area contributed by atoms with Crippen LogP contribution >= 0.6 is 0 Å². The molecule has 1 aromatic carbocycles. The first-order chi connectivity index (χ1) is 12.3. The van der Waals surface area contributed by atoms with E-state index in [1.54, 1.807) is 13.8 Å². The number of ether oxygens (including phenoxy) is 2. The maximum atomic E-state index is 12.4. The number of phenolic OH excluding ortho intramolecular Hbond substituents is 1. The fraction of sp³-hybridized carbons (Fsp3) is 0.375. The molecule has 140 valence electrons. The molecule has 0 aromatic heterocycles. The molecule has 0 fully saturated rings. The van der Waals surface area contributed by atoms with E-state index >= 15 is 0 Å². The van der Waals surface area contributed by atoms with Gasteiger partial charge < -0.3 is 25.2 Å². The molecule has 1 atom stereocenters. The van der Waals surface area contributed by atoms with E-state index in [-0.39, 0.29) is 29.2 Å². The zero-order chi connectivity index (χ0) is 19.4. The van der Waals surface area contributed by atoms with Crippen LogP contribution < -0.4 is 15.4 Å². The van der Waals surface area contributed by atoms with Crippen LogP contribution in [0.1, 0.15) is 31.9 Å². The maximum Gasteiger partial charge on any atom is 0.338 e. The second-order valence-corrected chi connectivity index (χ2v) is 5.34. The number of benzene rings is 1. The Bertz CT molecular complexity index is 788. The van der Waals surface area contributed by atoms with Crippen LogP contribution in [0, 0.1) is 10.1 Å². The number of hydrogen-bond acceptors (Lipinski definition) is 7. The lowest BCUT2D eigenvalue weighted by molar-refractivity contribution is -0.385. The van der Waals surface area contributed by atoms with E-state index in [1.165, 1.54) is 7.11 Å². The highest BCUT2D eigenvalue weighted by Gasteiger charge is 2.37. The number of rotatable bonds is 6. The SMILES string of the molecule is CCOC(=O)C1=C(CC)NC(=O)NC1c1cc(O)c(OC)cc1[N+](=O)[O-]. The van der Waals surface area contributed by atoms with Gasteiger partial charge in [0.15, 0.2) is 11.5 Å². The van der Waals surface area contributed by atoms with Crippen LogP contribution in [-0.2, 0) is 9.53 Å². The lowest BCUT2D eigenvalue weighted by Crippen LogP contribution is -2.46. The Labute approximate surface area is 148 Å². The number of methoxy groups -OCH3 is 1. The highest BCUT2D eigenvalue weighted by atomic mass is 16.6. The minimum atomic E-state index is -1.16. The molecule has 1 unspecified atom stereocenters. The van der Waals surface area contributed by atoms with Crippen LogP contribution in [0.2, 0.25) is 0 Å². The molecule has 10 heteroatoms. The van der Waals surface area contributed by atoms with Crippen LogP contribution in [0.4, 0.5) is 10.5 Å². The summed E-state index contributed by atoms with van der Waals surface area (Å²) in [4.78, 5) is 35.2. The monoisotopic (exact) mass is 365 g/mol. The summed E-state index contributed by atoms with van der Waals surface area (Å²) in [5, 5.41) is 26.5. The number of amides is 2. The van der Waals surface area contributed by atoms with Crippen molar-refractivity contribution in [3.63, 3.8) is 0 Å². The van der Waals surface area contributed by atoms with E-state index in [4.69, 9.17) is 9.47 Å². The molecule has 26 heavy (non-hydrogen) atoms. The number of nitrogens with one attached hydrogen (secondary N) is 2. The average Bonchev–Trinajstić information content (AvgIpc) is 2.60. The molecular formula is C16H19N3O7. The second kappa shape index (κ2) is 7.72. The van der Waals surface area contributed by atoms with E-state index in [9.17, 15) is 24.8 Å². The molecule has 2 rings (SSSR count). The van der Waals surface area contributed by atoms with E-state index in [0.29, 0.717) is 12.1 Å². The molecule has 2 amide bonds. The molecule has 3 N–H and O–H groups in total. The summed E-state index contributed by atoms with van der Waals surface area (Å²) in [6, 6.07) is 0.354. The Morgan fingerprint density at radius 3 is 2.62 bits per heavy atom. The van der Waals surface area contributed by atoms with Gasteiger partial charge in [-0.15, -0.1) is 0 Å². The lowest BCUT2D eigenvalue weighted by atomic mass is 9.92. The van der Waals surface area contributed by atoms with Crippen molar-refractivity contribution in [1.82, 2.24) is 10.6 Å². The van der Waals surface area contributed by atoms with Gasteiger partial charge in [0.25, 0.3) is 5.69 Å². The van der Waals surface area contributed by atoms with Gasteiger partial charge >= 0.3 is 12.0 Å². The largest absolute Gasteiger partial charge is 0.504 e. The molecular weight excluding hydrogens is 346 g/mol. The molecule has 1 aliphatic rings. The molecule has 0 radical (unpaired) electrons. The molecule has 1 heterocycles. The minimum Gasteiger partial charge on any atom is -0.504 e. The highest BCUT2D eigenvalue weighted by Crippen LogP contribution is 2.40. The Morgan fingerprint density at radius 1 is 1.38 bits per heavy atom. The van der Waals surface area contributed by atoms with Crippen LogP contribution in [0.3, 0.4) is 0 Å². The fourth-order valence-electron chi connectivity index (χ4n) is 2.71. The number of carbonyl (C=O) groups is 2. The van der Waals surface area contributed by atoms with Crippen molar-refractivity contribution in [2.45, 2.75) is 26.3 Å². The van der Waals surface area contributed by atoms with Crippen LogP contribution in [0.25, 0.3) is 0 Å². The second-order valence-electron chi connectivity index (χ2n) is 5.34. The van der Waals surface area contributed by atoms with E-state index in [1.807, 2.05) is 0 Å². The third-order valence-electron chi connectivity index (χ3n) is 3.84. The summed E-state index contributed by atoms with van der Waals surface area (Å²) >= 11 is 0. The molecule has 0 saturated carbocycles. The van der Waals surface area contributed by atoms with Crippen molar-refractivity contribution < 1.29 is 29.1 Å². The lowest BCUT2D eigenvalue weighted by Gasteiger charge is -2.29. The van der Waals surface area contributed by atoms with Crippen LogP contribution in [0.5, 0.6) is 11.5 Å². The minimum absolute atomic E-state index is 0.0432. The Hall–Kier alpha value is -3.30. The van der Waals surface area contributed by atoms with E-state index in [2.05, 4.69) is 10.6 Å². The fourth-order valence-corrected chi connectivity index (χ4v) is 2.71. The summed E-state index contributed by atoms with van der Waals surface area (Å²) in [6.45, 7) is 3.43. The number of urea groups is 1. The van der Waals surface area contributed by atoms with Gasteiger partial charge in [0.1, 0.15) is 0 Å². The predicted octanol–water partition coefficient (Wildman–Crippen LogP) is 1.89. The number of phenols is 1. The summed E-state index contributed by atoms with van der Waals surface area (Å²) < 4.78 is 9.93. The van der Waals surface area contributed by atoms with Gasteiger partial charge in [0.05, 0.1) is 41.9 Å². The number of aromatic hydroxyl groups is 1. The van der Waals surface area contributed by atoms with Gasteiger partial charge in [-0.3, -0.25) is 10.1 Å². The van der Waals surface area contributed by atoms with Gasteiger partial charge in [0.2, 0.25) is 0 Å². The highest BCUT2D eigenvalue weighted by molar-refractivity contribution is 5.95. The van der Waals surface area contributed by atoms with Crippen molar-refractivity contribution in [1.29, 1.82) is 0 Å². The normalized spacial score (nSPS) is 16.6. The van der Waals surface area contributed by atoms with Crippen LogP contribution in [0.15, 0.2) is 23.4 Å². The van der Waals surface area contributed by atoms with Gasteiger partial charge in [-0.1, -0.05) is 6.92 Å². The van der Waals surface area contributed by atoms with Crippen molar-refractivity contribution in [3.8, 4) is 11.5 Å². The number of hydrogen-bond donors (Lipinski definition) is 3. The van der Waals surface area contributed by atoms with Crippen molar-refractivity contribution in [2.75, 3.05) is 13.7 Å². The summed E-state index contributed by atoms with van der Waals surface area (Å²) in [5.41, 5.74) is -0.135.